The lowest BCUT2D eigenvalue weighted by Crippen LogP contribution is -2.13. The number of H-pyrrole nitrogens is 1. The lowest BCUT2D eigenvalue weighted by atomic mass is 10.0. The van der Waals surface area contributed by atoms with Gasteiger partial charge in [0.05, 0.1) is 17.3 Å². The van der Waals surface area contributed by atoms with Gasteiger partial charge in [-0.05, 0) is 30.3 Å². The topological polar surface area (TPSA) is 96.2 Å². The van der Waals surface area contributed by atoms with E-state index in [1.807, 2.05) is 42.5 Å². The molecule has 126 valence electrons. The summed E-state index contributed by atoms with van der Waals surface area (Å²) >= 11 is 0. The van der Waals surface area contributed by atoms with Gasteiger partial charge in [-0.1, -0.05) is 12.1 Å². The number of amides is 1. The van der Waals surface area contributed by atoms with Gasteiger partial charge < -0.3 is 14.7 Å². The molecular formula is C19H13N5O2. The number of anilines is 1. The first-order valence-corrected chi connectivity index (χ1v) is 8.11. The molecule has 26 heavy (non-hydrogen) atoms. The summed E-state index contributed by atoms with van der Waals surface area (Å²) in [6, 6.07) is 13.2. The lowest BCUT2D eigenvalue weighted by molar-refractivity contribution is -0.115. The number of aromatic nitrogens is 3. The monoisotopic (exact) mass is 343 g/mol. The highest BCUT2D eigenvalue weighted by atomic mass is 16.3. The van der Waals surface area contributed by atoms with E-state index in [-0.39, 0.29) is 5.91 Å². The Bertz CT molecular complexity index is 1110. The summed E-state index contributed by atoms with van der Waals surface area (Å²) in [5.41, 5.74) is 3.31. The van der Waals surface area contributed by atoms with Crippen LogP contribution in [0.25, 0.3) is 22.4 Å². The van der Waals surface area contributed by atoms with Crippen molar-refractivity contribution in [1.29, 1.82) is 0 Å². The van der Waals surface area contributed by atoms with Gasteiger partial charge in [0.1, 0.15) is 17.5 Å². The molecule has 4 aromatic rings. The van der Waals surface area contributed by atoms with E-state index in [1.165, 1.54) is 0 Å². The Kier molecular flexibility index (Phi) is 3.18. The van der Waals surface area contributed by atoms with E-state index >= 15 is 0 Å². The molecule has 1 atom stereocenters. The largest absolute Gasteiger partial charge is 0.464 e. The van der Waals surface area contributed by atoms with Crippen molar-refractivity contribution in [2.45, 2.75) is 5.92 Å². The number of nitrogens with zero attached hydrogens (tertiary/aromatic N) is 3. The molecule has 7 nitrogen and oxygen atoms in total. The highest BCUT2D eigenvalue weighted by Crippen LogP contribution is 2.33. The van der Waals surface area contributed by atoms with E-state index in [4.69, 9.17) is 4.42 Å². The minimum atomic E-state index is -0.527. The number of furan rings is 1. The summed E-state index contributed by atoms with van der Waals surface area (Å²) in [5, 5.41) is 2.78. The van der Waals surface area contributed by atoms with Gasteiger partial charge in [0, 0.05) is 23.5 Å². The Balaban J connectivity index is 1.50. The number of hydrogen-bond donors (Lipinski definition) is 2. The second-order valence-corrected chi connectivity index (χ2v) is 5.96. The van der Waals surface area contributed by atoms with Crippen molar-refractivity contribution in [2.75, 3.05) is 5.32 Å². The van der Waals surface area contributed by atoms with Gasteiger partial charge in [-0.25, -0.2) is 15.0 Å². The maximum Gasteiger partial charge on any atom is 0.238 e. The Labute approximate surface area is 147 Å². The number of benzene rings is 1. The van der Waals surface area contributed by atoms with Crippen molar-refractivity contribution in [2.24, 2.45) is 4.99 Å². The number of aromatic amines is 1. The summed E-state index contributed by atoms with van der Waals surface area (Å²) in [4.78, 5) is 28.5. The molecule has 1 amide bonds. The zero-order valence-electron chi connectivity index (χ0n) is 13.5. The van der Waals surface area contributed by atoms with Gasteiger partial charge in [-0.3, -0.25) is 4.79 Å². The number of rotatable bonds is 3. The molecule has 1 aliphatic rings. The van der Waals surface area contributed by atoms with Gasteiger partial charge in [0.25, 0.3) is 0 Å². The number of carbonyl (C=O) groups excluding carboxylic acids is 1. The van der Waals surface area contributed by atoms with Gasteiger partial charge in [-0.2, -0.15) is 0 Å². The molecule has 3 aromatic heterocycles. The first-order valence-electron chi connectivity index (χ1n) is 8.11. The summed E-state index contributed by atoms with van der Waals surface area (Å²) in [6.45, 7) is 0. The first-order chi connectivity index (χ1) is 12.8. The normalized spacial score (nSPS) is 16.3. The molecule has 0 aliphatic carbocycles. The number of carbonyl (C=O) groups is 1. The molecule has 0 saturated carbocycles. The molecule has 1 aliphatic heterocycles. The van der Waals surface area contributed by atoms with E-state index in [1.54, 1.807) is 18.7 Å². The average molecular weight is 343 g/mol. The molecule has 4 heterocycles. The highest BCUT2D eigenvalue weighted by molar-refractivity contribution is 6.12. The third-order valence-corrected chi connectivity index (χ3v) is 4.30. The molecule has 7 heteroatoms. The van der Waals surface area contributed by atoms with E-state index in [0.717, 1.165) is 22.2 Å². The van der Waals surface area contributed by atoms with Gasteiger partial charge in [0.2, 0.25) is 11.9 Å². The zero-order valence-corrected chi connectivity index (χ0v) is 13.5. The minimum Gasteiger partial charge on any atom is -0.464 e. The molecule has 5 rings (SSSR count). The number of nitrogens with one attached hydrogen (secondary N) is 2. The molecule has 0 saturated heterocycles. The number of aliphatic imine (C=N–C) groups is 1. The van der Waals surface area contributed by atoms with Crippen LogP contribution in [0.2, 0.25) is 0 Å². The van der Waals surface area contributed by atoms with Crippen LogP contribution in [-0.2, 0) is 4.79 Å². The molecule has 0 bridgehead atoms. The number of hydrogen-bond acceptors (Lipinski definition) is 5. The molecule has 1 aromatic carbocycles. The fraction of sp³-hybridized carbons (Fsp3) is 0.0526. The van der Waals surface area contributed by atoms with Crippen LogP contribution in [-0.4, -0.2) is 27.1 Å². The van der Waals surface area contributed by atoms with Crippen LogP contribution in [0.15, 0.2) is 64.3 Å². The number of fused-ring (bicyclic) bond motifs is 2. The smallest absolute Gasteiger partial charge is 0.238 e. The summed E-state index contributed by atoms with van der Waals surface area (Å²) in [6.07, 6.45) is 4.87. The molecule has 0 radical (unpaired) electrons. The quantitative estimate of drug-likeness (QED) is 0.555. The van der Waals surface area contributed by atoms with Crippen molar-refractivity contribution in [3.8, 4) is 11.3 Å². The Morgan fingerprint density at radius 2 is 2.12 bits per heavy atom. The molecule has 1 unspecified atom stereocenters. The number of imidazole rings is 1. The third-order valence-electron chi connectivity index (χ3n) is 4.30. The lowest BCUT2D eigenvalue weighted by Gasteiger charge is -2.03. The Morgan fingerprint density at radius 1 is 1.19 bits per heavy atom. The number of pyridine rings is 1. The Hall–Kier alpha value is -3.74. The molecule has 0 spiro atoms. The second-order valence-electron chi connectivity index (χ2n) is 5.96. The zero-order chi connectivity index (χ0) is 17.5. The number of para-hydroxylation sites is 2. The second kappa shape index (κ2) is 5.66. The highest BCUT2D eigenvalue weighted by Gasteiger charge is 2.31. The van der Waals surface area contributed by atoms with Gasteiger partial charge >= 0.3 is 0 Å². The first kappa shape index (κ1) is 14.6. The van der Waals surface area contributed by atoms with Crippen LogP contribution in [0.1, 0.15) is 11.5 Å². The average Bonchev–Trinajstić information content (AvgIpc) is 3.37. The van der Waals surface area contributed by atoms with Crippen molar-refractivity contribution < 1.29 is 9.21 Å². The van der Waals surface area contributed by atoms with Crippen molar-refractivity contribution in [3.05, 3.63) is 60.5 Å². The van der Waals surface area contributed by atoms with Crippen LogP contribution in [0, 0.1) is 0 Å². The predicted molar refractivity (Wildman–Crippen MR) is 97.6 cm³/mol. The standard InChI is InChI=1S/C19H13N5O2/c25-18-13(10-21-19-22-14-4-1-2-5-15(14)23-19)12-8-11(9-20-17(12)24-18)16-6-3-7-26-16/h1-10,13H,(H,22,23)(H,20,24,25). The summed E-state index contributed by atoms with van der Waals surface area (Å²) in [7, 11) is 0. The van der Waals surface area contributed by atoms with Gasteiger partial charge in [-0.15, -0.1) is 0 Å². The van der Waals surface area contributed by atoms with E-state index in [2.05, 4.69) is 25.3 Å². The summed E-state index contributed by atoms with van der Waals surface area (Å²) in [5.74, 6) is 1.02. The van der Waals surface area contributed by atoms with Gasteiger partial charge in [0.15, 0.2) is 0 Å². The van der Waals surface area contributed by atoms with Crippen molar-refractivity contribution >= 4 is 34.9 Å². The van der Waals surface area contributed by atoms with Crippen LogP contribution in [0.5, 0.6) is 0 Å². The van der Waals surface area contributed by atoms with Crippen LogP contribution in [0.3, 0.4) is 0 Å². The van der Waals surface area contributed by atoms with Crippen LogP contribution in [0.4, 0.5) is 11.8 Å². The summed E-state index contributed by atoms with van der Waals surface area (Å²) < 4.78 is 5.41. The van der Waals surface area contributed by atoms with Crippen molar-refractivity contribution in [3.63, 3.8) is 0 Å². The maximum absolute atomic E-state index is 12.3. The molecular weight excluding hydrogens is 330 g/mol. The van der Waals surface area contributed by atoms with Crippen LogP contribution >= 0.6 is 0 Å². The third kappa shape index (κ3) is 2.37. The SMILES string of the molecule is O=C1Nc2ncc(-c3ccco3)cc2C1C=Nc1nc2ccccc2[nH]1. The van der Waals surface area contributed by atoms with E-state index < -0.39 is 5.92 Å². The van der Waals surface area contributed by atoms with E-state index in [0.29, 0.717) is 17.5 Å². The molecule has 2 N–H and O–H groups in total. The Morgan fingerprint density at radius 3 is 2.96 bits per heavy atom. The van der Waals surface area contributed by atoms with Crippen LogP contribution < -0.4 is 5.32 Å². The van der Waals surface area contributed by atoms with E-state index in [9.17, 15) is 4.79 Å². The molecule has 0 fully saturated rings. The fourth-order valence-electron chi connectivity index (χ4n) is 3.03. The fourth-order valence-corrected chi connectivity index (χ4v) is 3.03. The maximum atomic E-state index is 12.3. The van der Waals surface area contributed by atoms with Crippen molar-refractivity contribution in [1.82, 2.24) is 15.0 Å². The predicted octanol–water partition coefficient (Wildman–Crippen LogP) is 3.66. The minimum absolute atomic E-state index is 0.163.